The molecule has 2 unspecified atom stereocenters. The summed E-state index contributed by atoms with van der Waals surface area (Å²) in [6.07, 6.45) is 1.89. The van der Waals surface area contributed by atoms with Crippen LogP contribution in [0, 0.1) is 11.8 Å². The van der Waals surface area contributed by atoms with Gasteiger partial charge in [0.15, 0.2) is 0 Å². The molecular weight excluding hydrogens is 272 g/mol. The van der Waals surface area contributed by atoms with Crippen molar-refractivity contribution in [2.24, 2.45) is 17.6 Å². The maximum atomic E-state index is 12.1. The molecule has 1 saturated heterocycles. The first-order valence-electron chi connectivity index (χ1n) is 7.24. The van der Waals surface area contributed by atoms with Crippen molar-refractivity contribution < 1.29 is 4.79 Å². The zero-order valence-electron chi connectivity index (χ0n) is 12.2. The minimum absolute atomic E-state index is 0.0344. The first-order valence-corrected chi connectivity index (χ1v) is 7.62. The fraction of sp³-hybridized carbons (Fsp3) is 0.562. The van der Waals surface area contributed by atoms with Gasteiger partial charge in [0.25, 0.3) is 0 Å². The fourth-order valence-corrected chi connectivity index (χ4v) is 3.15. The predicted octanol–water partition coefficient (Wildman–Crippen LogP) is 2.71. The minimum Gasteiger partial charge on any atom is -0.341 e. The van der Waals surface area contributed by atoms with Crippen LogP contribution in [0.4, 0.5) is 0 Å². The minimum atomic E-state index is 0.0344. The largest absolute Gasteiger partial charge is 0.341 e. The molecule has 1 aromatic rings. The van der Waals surface area contributed by atoms with Crippen LogP contribution in [-0.2, 0) is 11.2 Å². The lowest BCUT2D eigenvalue weighted by molar-refractivity contribution is -0.136. The molecule has 110 valence electrons. The highest BCUT2D eigenvalue weighted by Gasteiger charge is 2.29. The molecule has 1 aliphatic rings. The first-order chi connectivity index (χ1) is 9.45. The van der Waals surface area contributed by atoms with Gasteiger partial charge in [-0.3, -0.25) is 4.79 Å². The molecule has 0 bridgehead atoms. The van der Waals surface area contributed by atoms with E-state index in [0.717, 1.165) is 24.4 Å². The summed E-state index contributed by atoms with van der Waals surface area (Å²) in [7, 11) is 0. The molecule has 1 fully saturated rings. The predicted molar refractivity (Wildman–Crippen MR) is 82.7 cm³/mol. The van der Waals surface area contributed by atoms with Crippen molar-refractivity contribution in [2.75, 3.05) is 13.1 Å². The Balaban J connectivity index is 2.03. The van der Waals surface area contributed by atoms with E-state index in [1.54, 1.807) is 0 Å². The van der Waals surface area contributed by atoms with Crippen molar-refractivity contribution in [3.63, 3.8) is 0 Å². The van der Waals surface area contributed by atoms with Gasteiger partial charge in [0, 0.05) is 30.1 Å². The highest BCUT2D eigenvalue weighted by Crippen LogP contribution is 2.23. The Morgan fingerprint density at radius 2 is 2.20 bits per heavy atom. The topological polar surface area (TPSA) is 46.3 Å². The van der Waals surface area contributed by atoms with Crippen molar-refractivity contribution in [2.45, 2.75) is 32.7 Å². The molecule has 0 aliphatic carbocycles. The van der Waals surface area contributed by atoms with E-state index in [9.17, 15) is 4.79 Å². The summed E-state index contributed by atoms with van der Waals surface area (Å²) < 4.78 is 0. The summed E-state index contributed by atoms with van der Waals surface area (Å²) in [5, 5.41) is 0.762. The molecule has 2 N–H and O–H groups in total. The Bertz CT molecular complexity index is 475. The van der Waals surface area contributed by atoms with E-state index in [4.69, 9.17) is 17.3 Å². The molecule has 1 amide bonds. The average Bonchev–Trinajstić information content (AvgIpc) is 2.37. The highest BCUT2D eigenvalue weighted by atomic mass is 35.5. The maximum absolute atomic E-state index is 12.1. The lowest BCUT2D eigenvalue weighted by atomic mass is 9.88. The van der Waals surface area contributed by atoms with E-state index >= 15 is 0 Å². The molecule has 0 spiro atoms. The number of nitrogens with zero attached hydrogens (tertiary/aromatic N) is 1. The number of carbonyl (C=O) groups is 1. The van der Waals surface area contributed by atoms with E-state index in [1.807, 2.05) is 36.9 Å². The third-order valence-corrected chi connectivity index (χ3v) is 4.02. The van der Waals surface area contributed by atoms with Crippen LogP contribution in [0.25, 0.3) is 0 Å². The summed E-state index contributed by atoms with van der Waals surface area (Å²) in [4.78, 5) is 14.1. The summed E-state index contributed by atoms with van der Waals surface area (Å²) in [6.45, 7) is 5.36. The molecule has 1 heterocycles. The van der Waals surface area contributed by atoms with E-state index in [2.05, 4.69) is 6.07 Å². The number of carbonyl (C=O) groups excluding carboxylic acids is 1. The van der Waals surface area contributed by atoms with Crippen molar-refractivity contribution in [3.05, 3.63) is 34.9 Å². The van der Waals surface area contributed by atoms with Gasteiger partial charge < -0.3 is 10.6 Å². The summed E-state index contributed by atoms with van der Waals surface area (Å²) in [5.74, 6) is 0.656. The highest BCUT2D eigenvalue weighted by molar-refractivity contribution is 6.30. The number of nitrogens with two attached hydrogens (primary N) is 1. The first kappa shape index (κ1) is 15.3. The quantitative estimate of drug-likeness (QED) is 0.932. The summed E-state index contributed by atoms with van der Waals surface area (Å²) in [5.41, 5.74) is 7.33. The zero-order chi connectivity index (χ0) is 14.7. The van der Waals surface area contributed by atoms with Crippen LogP contribution in [0.5, 0.6) is 0 Å². The van der Waals surface area contributed by atoms with Crippen LogP contribution < -0.4 is 5.73 Å². The van der Waals surface area contributed by atoms with E-state index in [1.165, 1.54) is 5.56 Å². The number of halogens is 1. The Hall–Kier alpha value is -1.06. The molecule has 0 radical (unpaired) electrons. The Kier molecular flexibility index (Phi) is 5.06. The molecule has 1 aromatic carbocycles. The normalized spacial score (nSPS) is 23.1. The van der Waals surface area contributed by atoms with Crippen LogP contribution in [0.1, 0.15) is 25.8 Å². The van der Waals surface area contributed by atoms with Crippen LogP contribution in [0.15, 0.2) is 24.3 Å². The van der Waals surface area contributed by atoms with Gasteiger partial charge in [-0.15, -0.1) is 0 Å². The second-order valence-electron chi connectivity index (χ2n) is 6.09. The van der Waals surface area contributed by atoms with Gasteiger partial charge in [0.05, 0.1) is 0 Å². The zero-order valence-corrected chi connectivity index (χ0v) is 12.9. The molecule has 0 saturated carbocycles. The van der Waals surface area contributed by atoms with Gasteiger partial charge in [-0.1, -0.05) is 37.6 Å². The second kappa shape index (κ2) is 6.59. The number of rotatable bonds is 3. The Morgan fingerprint density at radius 1 is 1.45 bits per heavy atom. The molecule has 20 heavy (non-hydrogen) atoms. The number of hydrogen-bond acceptors (Lipinski definition) is 2. The second-order valence-corrected chi connectivity index (χ2v) is 6.53. The van der Waals surface area contributed by atoms with Gasteiger partial charge in [-0.2, -0.15) is 0 Å². The number of amides is 1. The molecular formula is C16H23ClN2O. The third kappa shape index (κ3) is 3.97. The van der Waals surface area contributed by atoms with Gasteiger partial charge in [0.2, 0.25) is 5.91 Å². The number of benzene rings is 1. The third-order valence-electron chi connectivity index (χ3n) is 3.79. The van der Waals surface area contributed by atoms with Crippen molar-refractivity contribution in [3.8, 4) is 0 Å². The van der Waals surface area contributed by atoms with Crippen molar-refractivity contribution in [1.82, 2.24) is 4.90 Å². The Morgan fingerprint density at radius 3 is 2.85 bits per heavy atom. The van der Waals surface area contributed by atoms with Gasteiger partial charge in [-0.05, 0) is 36.5 Å². The van der Waals surface area contributed by atoms with Crippen LogP contribution >= 0.6 is 11.6 Å². The lowest BCUT2D eigenvalue weighted by Crippen LogP contribution is -2.51. The van der Waals surface area contributed by atoms with E-state index < -0.39 is 0 Å². The van der Waals surface area contributed by atoms with Crippen molar-refractivity contribution >= 4 is 17.5 Å². The van der Waals surface area contributed by atoms with E-state index in [0.29, 0.717) is 12.5 Å². The number of likely N-dealkylation sites (tertiary alicyclic amines) is 1. The lowest BCUT2D eigenvalue weighted by Gasteiger charge is -2.37. The number of hydrogen-bond donors (Lipinski definition) is 1. The molecule has 4 heteroatoms. The smallest absolute Gasteiger partial charge is 0.225 e. The Labute approximate surface area is 126 Å². The van der Waals surface area contributed by atoms with Crippen LogP contribution in [-0.4, -0.2) is 29.9 Å². The average molecular weight is 295 g/mol. The molecule has 2 atom stereocenters. The molecule has 2 rings (SSSR count). The SMILES string of the molecule is CC(C)C(=O)N1CC(N)CC(Cc2cccc(Cl)c2)C1. The van der Waals surface area contributed by atoms with Gasteiger partial charge >= 0.3 is 0 Å². The summed E-state index contributed by atoms with van der Waals surface area (Å²) in [6, 6.07) is 8.01. The molecule has 0 aromatic heterocycles. The van der Waals surface area contributed by atoms with Gasteiger partial charge in [-0.25, -0.2) is 0 Å². The van der Waals surface area contributed by atoms with Crippen molar-refractivity contribution in [1.29, 1.82) is 0 Å². The molecule has 1 aliphatic heterocycles. The molecule has 3 nitrogen and oxygen atoms in total. The van der Waals surface area contributed by atoms with E-state index in [-0.39, 0.29) is 17.9 Å². The number of piperidine rings is 1. The summed E-state index contributed by atoms with van der Waals surface area (Å²) >= 11 is 6.02. The fourth-order valence-electron chi connectivity index (χ4n) is 2.94. The van der Waals surface area contributed by atoms with Crippen LogP contribution in [0.3, 0.4) is 0 Å². The van der Waals surface area contributed by atoms with Crippen LogP contribution in [0.2, 0.25) is 5.02 Å². The monoisotopic (exact) mass is 294 g/mol. The standard InChI is InChI=1S/C16H23ClN2O/c1-11(2)16(20)19-9-13(8-15(18)10-19)6-12-4-3-5-14(17)7-12/h3-5,7,11,13,15H,6,8-10,18H2,1-2H3. The van der Waals surface area contributed by atoms with Gasteiger partial charge in [0.1, 0.15) is 0 Å². The maximum Gasteiger partial charge on any atom is 0.225 e.